The Morgan fingerprint density at radius 2 is 2.07 bits per heavy atom. The van der Waals surface area contributed by atoms with E-state index in [2.05, 4.69) is 17.4 Å². The number of rotatable bonds is 6. The molecule has 8 heteroatoms. The predicted molar refractivity (Wildman–Crippen MR) is 92.7 cm³/mol. The molecule has 1 fully saturated rings. The molecule has 1 saturated carbocycles. The van der Waals surface area contributed by atoms with E-state index in [1.54, 1.807) is 12.1 Å². The van der Waals surface area contributed by atoms with Crippen molar-refractivity contribution in [2.75, 3.05) is 0 Å². The maximum atomic E-state index is 13.5. The monoisotopic (exact) mass is 376 g/mol. The molecule has 0 spiro atoms. The van der Waals surface area contributed by atoms with Crippen LogP contribution in [0.25, 0.3) is 0 Å². The van der Waals surface area contributed by atoms with Crippen LogP contribution in [0.15, 0.2) is 34.9 Å². The third kappa shape index (κ3) is 4.27. The van der Waals surface area contributed by atoms with Crippen LogP contribution in [0.5, 0.6) is 5.75 Å². The van der Waals surface area contributed by atoms with Gasteiger partial charge in [-0.05, 0) is 43.7 Å². The Bertz CT molecular complexity index is 827. The molecule has 3 rings (SSSR count). The van der Waals surface area contributed by atoms with Gasteiger partial charge in [-0.3, -0.25) is 4.79 Å². The molecule has 0 aliphatic heterocycles. The van der Waals surface area contributed by atoms with Crippen LogP contribution in [0.1, 0.15) is 48.9 Å². The molecule has 1 aromatic heterocycles. The SMILES string of the molecule is CC1CCC(NC(=O)c2cc(COc3ccccc3F)on2)(C(=O)O)CC1. The number of nitrogens with zero attached hydrogens (tertiary/aromatic N) is 1. The van der Waals surface area contributed by atoms with Crippen molar-refractivity contribution < 1.29 is 28.3 Å². The highest BCUT2D eigenvalue weighted by atomic mass is 19.1. The molecular formula is C19H21FN2O5. The molecule has 2 aromatic rings. The van der Waals surface area contributed by atoms with Crippen molar-refractivity contribution in [2.45, 2.75) is 44.8 Å². The third-order valence-corrected chi connectivity index (χ3v) is 4.89. The van der Waals surface area contributed by atoms with Gasteiger partial charge < -0.3 is 19.7 Å². The van der Waals surface area contributed by atoms with Crippen molar-refractivity contribution in [3.05, 3.63) is 47.6 Å². The molecule has 1 aliphatic carbocycles. The highest BCUT2D eigenvalue weighted by Crippen LogP contribution is 2.32. The maximum Gasteiger partial charge on any atom is 0.329 e. The van der Waals surface area contributed by atoms with Crippen molar-refractivity contribution in [1.82, 2.24) is 10.5 Å². The first kappa shape index (κ1) is 18.9. The first-order valence-electron chi connectivity index (χ1n) is 8.78. The fourth-order valence-electron chi connectivity index (χ4n) is 3.13. The largest absolute Gasteiger partial charge is 0.482 e. The average Bonchev–Trinajstić information content (AvgIpc) is 3.12. The summed E-state index contributed by atoms with van der Waals surface area (Å²) in [4.78, 5) is 24.2. The molecule has 7 nitrogen and oxygen atoms in total. The minimum atomic E-state index is -1.29. The summed E-state index contributed by atoms with van der Waals surface area (Å²) in [7, 11) is 0. The second-order valence-electron chi connectivity index (χ2n) is 6.92. The quantitative estimate of drug-likeness (QED) is 0.803. The number of carbonyl (C=O) groups is 2. The van der Waals surface area contributed by atoms with Gasteiger partial charge in [-0.1, -0.05) is 24.2 Å². The van der Waals surface area contributed by atoms with Gasteiger partial charge in [-0.15, -0.1) is 0 Å². The summed E-state index contributed by atoms with van der Waals surface area (Å²) < 4.78 is 23.9. The van der Waals surface area contributed by atoms with Gasteiger partial charge in [0.15, 0.2) is 23.0 Å². The lowest BCUT2D eigenvalue weighted by Crippen LogP contribution is -2.56. The smallest absolute Gasteiger partial charge is 0.329 e. The zero-order chi connectivity index (χ0) is 19.4. The van der Waals surface area contributed by atoms with Gasteiger partial charge in [0.25, 0.3) is 5.91 Å². The van der Waals surface area contributed by atoms with E-state index >= 15 is 0 Å². The van der Waals surface area contributed by atoms with E-state index in [1.165, 1.54) is 18.2 Å². The van der Waals surface area contributed by atoms with E-state index in [-0.39, 0.29) is 23.8 Å². The third-order valence-electron chi connectivity index (χ3n) is 4.89. The molecule has 0 radical (unpaired) electrons. The first-order chi connectivity index (χ1) is 12.9. The van der Waals surface area contributed by atoms with Crippen LogP contribution in [-0.2, 0) is 11.4 Å². The molecule has 144 valence electrons. The summed E-state index contributed by atoms with van der Waals surface area (Å²) in [5.74, 6) is -1.46. The molecule has 2 N–H and O–H groups in total. The van der Waals surface area contributed by atoms with Crippen molar-refractivity contribution in [3.8, 4) is 5.75 Å². The van der Waals surface area contributed by atoms with Crippen molar-refractivity contribution >= 4 is 11.9 Å². The van der Waals surface area contributed by atoms with Gasteiger partial charge in [-0.25, -0.2) is 9.18 Å². The van der Waals surface area contributed by atoms with Gasteiger partial charge in [0.05, 0.1) is 0 Å². The second-order valence-corrected chi connectivity index (χ2v) is 6.92. The highest BCUT2D eigenvalue weighted by Gasteiger charge is 2.43. The summed E-state index contributed by atoms with van der Waals surface area (Å²) in [6, 6.07) is 7.28. The summed E-state index contributed by atoms with van der Waals surface area (Å²) in [6.07, 6.45) is 2.20. The zero-order valence-corrected chi connectivity index (χ0v) is 14.9. The first-order valence-corrected chi connectivity index (χ1v) is 8.78. The lowest BCUT2D eigenvalue weighted by atomic mass is 9.77. The molecule has 1 aliphatic rings. The van der Waals surface area contributed by atoms with E-state index < -0.39 is 23.2 Å². The average molecular weight is 376 g/mol. The molecule has 27 heavy (non-hydrogen) atoms. The Morgan fingerprint density at radius 3 is 2.74 bits per heavy atom. The van der Waals surface area contributed by atoms with E-state index in [1.807, 2.05) is 0 Å². The number of halogens is 1. The van der Waals surface area contributed by atoms with Crippen LogP contribution < -0.4 is 10.1 Å². The van der Waals surface area contributed by atoms with Gasteiger partial charge in [0.2, 0.25) is 0 Å². The van der Waals surface area contributed by atoms with Crippen molar-refractivity contribution in [1.29, 1.82) is 0 Å². The number of aliphatic carboxylic acids is 1. The Kier molecular flexibility index (Phi) is 5.43. The minimum Gasteiger partial charge on any atom is -0.482 e. The summed E-state index contributed by atoms with van der Waals surface area (Å²) >= 11 is 0. The number of amides is 1. The van der Waals surface area contributed by atoms with E-state index in [4.69, 9.17) is 9.26 Å². The number of ether oxygens (including phenoxy) is 1. The molecule has 0 saturated heterocycles. The lowest BCUT2D eigenvalue weighted by molar-refractivity contribution is -0.146. The predicted octanol–water partition coefficient (Wildman–Crippen LogP) is 3.16. The van der Waals surface area contributed by atoms with Crippen LogP contribution in [0.2, 0.25) is 0 Å². The fraction of sp³-hybridized carbons (Fsp3) is 0.421. The van der Waals surface area contributed by atoms with Gasteiger partial charge >= 0.3 is 5.97 Å². The lowest BCUT2D eigenvalue weighted by Gasteiger charge is -2.36. The van der Waals surface area contributed by atoms with Crippen molar-refractivity contribution in [3.63, 3.8) is 0 Å². The number of hydrogen-bond acceptors (Lipinski definition) is 5. The van der Waals surface area contributed by atoms with Gasteiger partial charge in [-0.2, -0.15) is 0 Å². The van der Waals surface area contributed by atoms with Crippen molar-refractivity contribution in [2.24, 2.45) is 5.92 Å². The van der Waals surface area contributed by atoms with Crippen LogP contribution in [0, 0.1) is 11.7 Å². The standard InChI is InChI=1S/C19H21FN2O5/c1-12-6-8-19(9-7-12,18(24)25)21-17(23)15-10-13(27-22-15)11-26-16-5-3-2-4-14(16)20/h2-5,10,12H,6-9,11H2,1H3,(H,21,23)(H,24,25). The fourth-order valence-corrected chi connectivity index (χ4v) is 3.13. The Labute approximate surface area is 155 Å². The normalized spacial score (nSPS) is 22.2. The van der Waals surface area contributed by atoms with Crippen LogP contribution in [-0.4, -0.2) is 27.7 Å². The number of hydrogen-bond donors (Lipinski definition) is 2. The zero-order valence-electron chi connectivity index (χ0n) is 14.9. The molecular weight excluding hydrogens is 355 g/mol. The Hall–Kier alpha value is -2.90. The van der Waals surface area contributed by atoms with E-state index in [0.717, 1.165) is 12.8 Å². The molecule has 1 heterocycles. The minimum absolute atomic E-state index is 0.0404. The molecule has 1 aromatic carbocycles. The molecule has 1 amide bonds. The number of carbonyl (C=O) groups excluding carboxylic acids is 1. The summed E-state index contributed by atoms with van der Waals surface area (Å²) in [5, 5.41) is 15.9. The van der Waals surface area contributed by atoms with Gasteiger partial charge in [0, 0.05) is 6.07 Å². The number of carboxylic acid groups (broad SMARTS) is 1. The number of para-hydroxylation sites is 1. The number of carboxylic acids is 1. The highest BCUT2D eigenvalue weighted by molar-refractivity contribution is 5.96. The van der Waals surface area contributed by atoms with Crippen LogP contribution in [0.4, 0.5) is 4.39 Å². The van der Waals surface area contributed by atoms with Gasteiger partial charge in [0.1, 0.15) is 12.1 Å². The molecule has 0 bridgehead atoms. The number of nitrogens with one attached hydrogen (secondary N) is 1. The summed E-state index contributed by atoms with van der Waals surface area (Å²) in [5.41, 5.74) is -1.33. The van der Waals surface area contributed by atoms with Crippen LogP contribution >= 0.6 is 0 Å². The van der Waals surface area contributed by atoms with Crippen LogP contribution in [0.3, 0.4) is 0 Å². The number of benzene rings is 1. The van der Waals surface area contributed by atoms with E-state index in [9.17, 15) is 19.1 Å². The maximum absolute atomic E-state index is 13.5. The van der Waals surface area contributed by atoms with E-state index in [0.29, 0.717) is 18.8 Å². The Balaban J connectivity index is 1.64. The molecule has 0 atom stereocenters. The second kappa shape index (κ2) is 7.77. The molecule has 0 unspecified atom stereocenters. The summed E-state index contributed by atoms with van der Waals surface area (Å²) in [6.45, 7) is 1.95. The Morgan fingerprint density at radius 1 is 1.37 bits per heavy atom. The number of aromatic nitrogens is 1. The topological polar surface area (TPSA) is 102 Å².